The quantitative estimate of drug-likeness (QED) is 0.817. The zero-order chi connectivity index (χ0) is 13.2. The minimum Gasteiger partial charge on any atom is -0.389 e. The van der Waals surface area contributed by atoms with Crippen LogP contribution in [0.1, 0.15) is 44.6 Å². The zero-order valence-electron chi connectivity index (χ0n) is 10.6. The van der Waals surface area contributed by atoms with Crippen LogP contribution in [0.3, 0.4) is 0 Å². The van der Waals surface area contributed by atoms with Crippen LogP contribution >= 0.6 is 28.1 Å². The van der Waals surface area contributed by atoms with Gasteiger partial charge in [0.05, 0.1) is 0 Å². The van der Waals surface area contributed by atoms with Crippen molar-refractivity contribution in [1.82, 2.24) is 0 Å². The molecular weight excluding hydrogens is 308 g/mol. The third kappa shape index (κ3) is 3.23. The molecule has 2 rings (SSSR count). The van der Waals surface area contributed by atoms with E-state index in [0.29, 0.717) is 4.99 Å². The van der Waals surface area contributed by atoms with Crippen LogP contribution in [0.2, 0.25) is 0 Å². The van der Waals surface area contributed by atoms with Gasteiger partial charge < -0.3 is 11.1 Å². The summed E-state index contributed by atoms with van der Waals surface area (Å²) in [7, 11) is 0. The van der Waals surface area contributed by atoms with Crippen molar-refractivity contribution >= 4 is 38.8 Å². The molecule has 1 saturated carbocycles. The fourth-order valence-corrected chi connectivity index (χ4v) is 3.14. The molecule has 0 spiro atoms. The van der Waals surface area contributed by atoms with E-state index in [9.17, 15) is 0 Å². The summed E-state index contributed by atoms with van der Waals surface area (Å²) in [6, 6.07) is 6.06. The molecular formula is C14H19BrN2S. The Morgan fingerprint density at radius 1 is 1.33 bits per heavy atom. The standard InChI is InChI=1S/C14H19BrN2S/c1-14(7-3-2-4-8-14)17-12-6-5-10(15)9-11(12)13(16)18/h5-6,9,17H,2-4,7-8H2,1H3,(H2,16,18). The highest BCUT2D eigenvalue weighted by molar-refractivity contribution is 9.10. The second-order valence-electron chi connectivity index (χ2n) is 5.30. The van der Waals surface area contributed by atoms with E-state index in [2.05, 4.69) is 34.2 Å². The first-order valence-corrected chi connectivity index (χ1v) is 7.58. The van der Waals surface area contributed by atoms with Crippen molar-refractivity contribution in [3.63, 3.8) is 0 Å². The van der Waals surface area contributed by atoms with Crippen molar-refractivity contribution in [3.05, 3.63) is 28.2 Å². The molecule has 1 aromatic carbocycles. The van der Waals surface area contributed by atoms with Gasteiger partial charge in [-0.15, -0.1) is 0 Å². The molecule has 0 saturated heterocycles. The average molecular weight is 327 g/mol. The minimum absolute atomic E-state index is 0.172. The molecule has 98 valence electrons. The first-order chi connectivity index (χ1) is 8.50. The normalized spacial score (nSPS) is 18.3. The Balaban J connectivity index is 2.25. The van der Waals surface area contributed by atoms with Crippen molar-refractivity contribution in [3.8, 4) is 0 Å². The molecule has 1 aliphatic carbocycles. The van der Waals surface area contributed by atoms with E-state index in [1.54, 1.807) is 0 Å². The van der Waals surface area contributed by atoms with Gasteiger partial charge in [-0.2, -0.15) is 0 Å². The predicted octanol–water partition coefficient (Wildman–Crippen LogP) is 4.22. The number of nitrogens with two attached hydrogens (primary N) is 1. The number of rotatable bonds is 3. The van der Waals surface area contributed by atoms with Gasteiger partial charge in [0.1, 0.15) is 4.99 Å². The first kappa shape index (κ1) is 13.8. The number of halogens is 1. The second kappa shape index (κ2) is 5.57. The summed E-state index contributed by atoms with van der Waals surface area (Å²) in [5, 5.41) is 3.65. The lowest BCUT2D eigenvalue weighted by atomic mass is 9.83. The Kier molecular flexibility index (Phi) is 4.28. The highest BCUT2D eigenvalue weighted by atomic mass is 79.9. The monoisotopic (exact) mass is 326 g/mol. The third-order valence-corrected chi connectivity index (χ3v) is 4.35. The number of hydrogen-bond donors (Lipinski definition) is 2. The summed E-state index contributed by atoms with van der Waals surface area (Å²) >= 11 is 8.59. The van der Waals surface area contributed by atoms with E-state index in [1.807, 2.05) is 12.1 Å². The second-order valence-corrected chi connectivity index (χ2v) is 6.66. The Morgan fingerprint density at radius 3 is 2.61 bits per heavy atom. The Bertz CT molecular complexity index is 453. The lowest BCUT2D eigenvalue weighted by Crippen LogP contribution is -2.37. The number of hydrogen-bond acceptors (Lipinski definition) is 2. The van der Waals surface area contributed by atoms with Gasteiger partial charge in [-0.05, 0) is 38.0 Å². The van der Waals surface area contributed by atoms with Gasteiger partial charge in [0.2, 0.25) is 0 Å². The van der Waals surface area contributed by atoms with E-state index in [4.69, 9.17) is 18.0 Å². The summed E-state index contributed by atoms with van der Waals surface area (Å²) in [4.78, 5) is 0.443. The van der Waals surface area contributed by atoms with Crippen LogP contribution in [-0.2, 0) is 0 Å². The maximum atomic E-state index is 5.80. The molecule has 3 N–H and O–H groups in total. The van der Waals surface area contributed by atoms with Gasteiger partial charge in [-0.3, -0.25) is 0 Å². The van der Waals surface area contributed by atoms with Crippen LogP contribution in [0.5, 0.6) is 0 Å². The molecule has 4 heteroatoms. The summed E-state index contributed by atoms with van der Waals surface area (Å²) < 4.78 is 1.00. The van der Waals surface area contributed by atoms with Crippen LogP contribution in [0, 0.1) is 0 Å². The van der Waals surface area contributed by atoms with Crippen molar-refractivity contribution in [1.29, 1.82) is 0 Å². The van der Waals surface area contributed by atoms with E-state index < -0.39 is 0 Å². The van der Waals surface area contributed by atoms with Gasteiger partial charge in [0, 0.05) is 21.3 Å². The molecule has 1 aromatic rings. The summed E-state index contributed by atoms with van der Waals surface area (Å²) in [5.74, 6) is 0. The number of anilines is 1. The molecule has 0 heterocycles. The van der Waals surface area contributed by atoms with Crippen molar-refractivity contribution in [2.24, 2.45) is 5.73 Å². The zero-order valence-corrected chi connectivity index (χ0v) is 13.0. The molecule has 0 amide bonds. The molecule has 1 fully saturated rings. The molecule has 18 heavy (non-hydrogen) atoms. The minimum atomic E-state index is 0.172. The van der Waals surface area contributed by atoms with Gasteiger partial charge in [0.25, 0.3) is 0 Å². The fraction of sp³-hybridized carbons (Fsp3) is 0.500. The molecule has 0 aliphatic heterocycles. The molecule has 0 unspecified atom stereocenters. The highest BCUT2D eigenvalue weighted by Gasteiger charge is 2.27. The molecule has 0 bridgehead atoms. The first-order valence-electron chi connectivity index (χ1n) is 6.38. The maximum Gasteiger partial charge on any atom is 0.106 e. The van der Waals surface area contributed by atoms with Crippen molar-refractivity contribution < 1.29 is 0 Å². The van der Waals surface area contributed by atoms with Crippen LogP contribution in [0.15, 0.2) is 22.7 Å². The van der Waals surface area contributed by atoms with Crippen LogP contribution < -0.4 is 11.1 Å². The van der Waals surface area contributed by atoms with Crippen molar-refractivity contribution in [2.75, 3.05) is 5.32 Å². The van der Waals surface area contributed by atoms with Gasteiger partial charge in [0.15, 0.2) is 0 Å². The van der Waals surface area contributed by atoms with E-state index in [1.165, 1.54) is 32.1 Å². The molecule has 2 nitrogen and oxygen atoms in total. The SMILES string of the molecule is CC1(Nc2ccc(Br)cc2C(N)=S)CCCCC1. The Morgan fingerprint density at radius 2 is 2.00 bits per heavy atom. The fourth-order valence-electron chi connectivity index (χ4n) is 2.61. The molecule has 0 aromatic heterocycles. The Hall–Kier alpha value is -0.610. The van der Waals surface area contributed by atoms with E-state index >= 15 is 0 Å². The number of benzene rings is 1. The molecule has 1 aliphatic rings. The van der Waals surface area contributed by atoms with E-state index in [0.717, 1.165) is 15.7 Å². The average Bonchev–Trinajstić information content (AvgIpc) is 2.32. The summed E-state index contributed by atoms with van der Waals surface area (Å²) in [5.41, 5.74) is 7.95. The lowest BCUT2D eigenvalue weighted by molar-refractivity contribution is 0.349. The largest absolute Gasteiger partial charge is 0.389 e. The van der Waals surface area contributed by atoms with Gasteiger partial charge in [-0.25, -0.2) is 0 Å². The molecule has 0 radical (unpaired) electrons. The third-order valence-electron chi connectivity index (χ3n) is 3.64. The van der Waals surface area contributed by atoms with Gasteiger partial charge in [-0.1, -0.05) is 47.4 Å². The van der Waals surface area contributed by atoms with Crippen LogP contribution in [-0.4, -0.2) is 10.5 Å². The maximum absolute atomic E-state index is 5.80. The molecule has 0 atom stereocenters. The topological polar surface area (TPSA) is 38.0 Å². The predicted molar refractivity (Wildman–Crippen MR) is 85.1 cm³/mol. The van der Waals surface area contributed by atoms with Gasteiger partial charge >= 0.3 is 0 Å². The highest BCUT2D eigenvalue weighted by Crippen LogP contribution is 2.33. The number of thiocarbonyl (C=S) groups is 1. The smallest absolute Gasteiger partial charge is 0.106 e. The van der Waals surface area contributed by atoms with Crippen LogP contribution in [0.25, 0.3) is 0 Å². The summed E-state index contributed by atoms with van der Waals surface area (Å²) in [6.45, 7) is 2.29. The van der Waals surface area contributed by atoms with E-state index in [-0.39, 0.29) is 5.54 Å². The van der Waals surface area contributed by atoms with Crippen LogP contribution in [0.4, 0.5) is 5.69 Å². The lowest BCUT2D eigenvalue weighted by Gasteiger charge is -2.36. The summed E-state index contributed by atoms with van der Waals surface area (Å²) in [6.07, 6.45) is 6.35. The number of nitrogens with one attached hydrogen (secondary N) is 1. The Labute approximate surface area is 122 Å². The van der Waals surface area contributed by atoms with Crippen molar-refractivity contribution in [2.45, 2.75) is 44.6 Å².